The zero-order valence-corrected chi connectivity index (χ0v) is 14.8. The van der Waals surface area contributed by atoms with Gasteiger partial charge >= 0.3 is 0 Å². The Hall–Kier alpha value is -2.57. The average Bonchev–Trinajstić information content (AvgIpc) is 2.96. The molecule has 1 saturated heterocycles. The first kappa shape index (κ1) is 16.9. The van der Waals surface area contributed by atoms with E-state index in [9.17, 15) is 9.90 Å². The summed E-state index contributed by atoms with van der Waals surface area (Å²) in [7, 11) is 0. The second-order valence-electron chi connectivity index (χ2n) is 6.30. The van der Waals surface area contributed by atoms with Gasteiger partial charge in [-0.15, -0.1) is 0 Å². The lowest BCUT2D eigenvalue weighted by atomic mass is 10.2. The van der Waals surface area contributed by atoms with Crippen LogP contribution in [0.1, 0.15) is 5.82 Å². The van der Waals surface area contributed by atoms with Crippen molar-refractivity contribution in [2.75, 3.05) is 13.1 Å². The number of carbonyl (C=O) groups excluding carboxylic acids is 1. The fourth-order valence-corrected chi connectivity index (χ4v) is 3.11. The highest BCUT2D eigenvalue weighted by molar-refractivity contribution is 6.30. The number of amides is 1. The summed E-state index contributed by atoms with van der Waals surface area (Å²) in [6.07, 6.45) is -0.411. The summed E-state index contributed by atoms with van der Waals surface area (Å²) in [5.74, 6) is 1.33. The van der Waals surface area contributed by atoms with Gasteiger partial charge in [-0.25, -0.2) is 4.98 Å². The molecule has 0 spiro atoms. The van der Waals surface area contributed by atoms with Gasteiger partial charge in [0.1, 0.15) is 24.7 Å². The molecule has 1 fully saturated rings. The summed E-state index contributed by atoms with van der Waals surface area (Å²) < 4.78 is 7.68. The number of likely N-dealkylation sites (tertiary alicyclic amines) is 1. The number of β-amino-alcohol motifs (C(OH)–C–C–N with tert-alkyl or cyclic N) is 1. The number of aliphatic hydroxyl groups is 1. The Labute approximate surface area is 155 Å². The van der Waals surface area contributed by atoms with Crippen LogP contribution < -0.4 is 4.74 Å². The van der Waals surface area contributed by atoms with Gasteiger partial charge in [-0.05, 0) is 36.4 Å². The second kappa shape index (κ2) is 6.97. The number of rotatable bonds is 5. The maximum Gasteiger partial charge on any atom is 0.242 e. The molecule has 26 heavy (non-hydrogen) atoms. The van der Waals surface area contributed by atoms with E-state index in [1.54, 1.807) is 29.2 Å². The number of aromatic nitrogens is 2. The van der Waals surface area contributed by atoms with Crippen molar-refractivity contribution >= 4 is 28.5 Å². The average molecular weight is 372 g/mol. The van der Waals surface area contributed by atoms with Gasteiger partial charge < -0.3 is 19.3 Å². The van der Waals surface area contributed by atoms with E-state index in [0.717, 1.165) is 11.0 Å². The van der Waals surface area contributed by atoms with E-state index < -0.39 is 6.10 Å². The topological polar surface area (TPSA) is 67.6 Å². The van der Waals surface area contributed by atoms with Crippen LogP contribution in [0, 0.1) is 0 Å². The maximum absolute atomic E-state index is 12.5. The summed E-state index contributed by atoms with van der Waals surface area (Å²) in [5.41, 5.74) is 1.70. The first-order valence-electron chi connectivity index (χ1n) is 8.38. The summed E-state index contributed by atoms with van der Waals surface area (Å²) in [6, 6.07) is 14.8. The molecule has 0 bridgehead atoms. The molecule has 0 saturated carbocycles. The smallest absolute Gasteiger partial charge is 0.242 e. The molecule has 6 nitrogen and oxygen atoms in total. The van der Waals surface area contributed by atoms with E-state index in [1.165, 1.54) is 0 Å². The lowest BCUT2D eigenvalue weighted by Crippen LogP contribution is -2.54. The molecule has 1 aliphatic heterocycles. The van der Waals surface area contributed by atoms with Crippen LogP contribution in [0.15, 0.2) is 48.5 Å². The van der Waals surface area contributed by atoms with Crippen molar-refractivity contribution in [2.24, 2.45) is 0 Å². The van der Waals surface area contributed by atoms with Crippen molar-refractivity contribution in [3.63, 3.8) is 0 Å². The first-order chi connectivity index (χ1) is 12.6. The zero-order chi connectivity index (χ0) is 18.1. The fourth-order valence-electron chi connectivity index (χ4n) is 2.98. The van der Waals surface area contributed by atoms with E-state index in [-0.39, 0.29) is 19.1 Å². The first-order valence-corrected chi connectivity index (χ1v) is 8.76. The van der Waals surface area contributed by atoms with Crippen LogP contribution in [0.2, 0.25) is 5.02 Å². The quantitative estimate of drug-likeness (QED) is 0.748. The van der Waals surface area contributed by atoms with Crippen molar-refractivity contribution in [3.05, 3.63) is 59.4 Å². The van der Waals surface area contributed by atoms with E-state index in [0.29, 0.717) is 29.7 Å². The molecule has 0 aliphatic carbocycles. The van der Waals surface area contributed by atoms with Crippen molar-refractivity contribution < 1.29 is 14.6 Å². The summed E-state index contributed by atoms with van der Waals surface area (Å²) >= 11 is 5.89. The number of nitrogens with zero attached hydrogens (tertiary/aromatic N) is 3. The highest BCUT2D eigenvalue weighted by Gasteiger charge is 2.29. The molecule has 3 aromatic rings. The van der Waals surface area contributed by atoms with Crippen LogP contribution in [0.4, 0.5) is 0 Å². The Kier molecular flexibility index (Phi) is 4.53. The molecule has 134 valence electrons. The summed E-state index contributed by atoms with van der Waals surface area (Å²) in [6.45, 7) is 1.20. The van der Waals surface area contributed by atoms with Crippen LogP contribution in [0.5, 0.6) is 5.75 Å². The highest BCUT2D eigenvalue weighted by Crippen LogP contribution is 2.20. The van der Waals surface area contributed by atoms with Crippen LogP contribution in [0.25, 0.3) is 11.0 Å². The predicted molar refractivity (Wildman–Crippen MR) is 98.1 cm³/mol. The molecule has 2 heterocycles. The second-order valence-corrected chi connectivity index (χ2v) is 6.73. The van der Waals surface area contributed by atoms with Crippen molar-refractivity contribution in [1.82, 2.24) is 14.5 Å². The Bertz CT molecular complexity index is 933. The number of benzene rings is 2. The summed E-state index contributed by atoms with van der Waals surface area (Å²) in [5, 5.41) is 10.1. The Morgan fingerprint density at radius 2 is 1.92 bits per heavy atom. The van der Waals surface area contributed by atoms with Gasteiger partial charge in [-0.3, -0.25) is 4.79 Å². The van der Waals surface area contributed by atoms with Gasteiger partial charge in [0.25, 0.3) is 0 Å². The molecule has 7 heteroatoms. The number of carbonyl (C=O) groups is 1. The zero-order valence-electron chi connectivity index (χ0n) is 14.0. The standard InChI is InChI=1S/C19H18ClN3O3/c20-13-5-7-15(8-6-13)26-12-18-21-16-3-1-2-4-17(16)23(18)11-19(25)22-9-14(24)10-22/h1-8,14,24H,9-12H2. The van der Waals surface area contributed by atoms with Gasteiger partial charge in [0.05, 0.1) is 17.1 Å². The lowest BCUT2D eigenvalue weighted by Gasteiger charge is -2.36. The third-order valence-corrected chi connectivity index (χ3v) is 4.68. The van der Waals surface area contributed by atoms with Crippen LogP contribution >= 0.6 is 11.6 Å². The molecule has 1 aromatic heterocycles. The minimum Gasteiger partial charge on any atom is -0.486 e. The Balaban J connectivity index is 1.56. The number of imidazole rings is 1. The van der Waals surface area contributed by atoms with E-state index in [1.807, 2.05) is 28.8 Å². The highest BCUT2D eigenvalue weighted by atomic mass is 35.5. The number of ether oxygens (including phenoxy) is 1. The molecule has 1 N–H and O–H groups in total. The van der Waals surface area contributed by atoms with E-state index in [4.69, 9.17) is 16.3 Å². The number of hydrogen-bond acceptors (Lipinski definition) is 4. The fraction of sp³-hybridized carbons (Fsp3) is 0.263. The van der Waals surface area contributed by atoms with Crippen LogP contribution in [-0.4, -0.2) is 44.7 Å². The van der Waals surface area contributed by atoms with Crippen molar-refractivity contribution in [1.29, 1.82) is 0 Å². The lowest BCUT2D eigenvalue weighted by molar-refractivity contribution is -0.141. The van der Waals surface area contributed by atoms with E-state index >= 15 is 0 Å². The molecule has 1 aliphatic rings. The van der Waals surface area contributed by atoms with Crippen LogP contribution in [0.3, 0.4) is 0 Å². The molecule has 0 atom stereocenters. The normalized spacial score (nSPS) is 14.5. The predicted octanol–water partition coefficient (Wildman–Crippen LogP) is 2.47. The molecular formula is C19H18ClN3O3. The number of halogens is 1. The van der Waals surface area contributed by atoms with Crippen molar-refractivity contribution in [3.8, 4) is 5.75 Å². The largest absolute Gasteiger partial charge is 0.486 e. The maximum atomic E-state index is 12.5. The molecule has 2 aromatic carbocycles. The van der Waals surface area contributed by atoms with Gasteiger partial charge in [0.15, 0.2) is 0 Å². The number of fused-ring (bicyclic) bond motifs is 1. The van der Waals surface area contributed by atoms with Gasteiger partial charge in [0.2, 0.25) is 5.91 Å². The number of aliphatic hydroxyl groups excluding tert-OH is 1. The number of hydrogen-bond donors (Lipinski definition) is 1. The third kappa shape index (κ3) is 3.38. The molecule has 0 radical (unpaired) electrons. The Morgan fingerprint density at radius 3 is 2.65 bits per heavy atom. The molecule has 1 amide bonds. The SMILES string of the molecule is O=C(Cn1c(COc2ccc(Cl)cc2)nc2ccccc21)N1CC(O)C1. The Morgan fingerprint density at radius 1 is 1.19 bits per heavy atom. The van der Waals surface area contributed by atoms with Gasteiger partial charge in [-0.2, -0.15) is 0 Å². The van der Waals surface area contributed by atoms with Crippen molar-refractivity contribution in [2.45, 2.75) is 19.3 Å². The van der Waals surface area contributed by atoms with Crippen LogP contribution in [-0.2, 0) is 17.9 Å². The summed E-state index contributed by atoms with van der Waals surface area (Å²) in [4.78, 5) is 18.7. The molecular weight excluding hydrogens is 354 g/mol. The molecule has 4 rings (SSSR count). The van der Waals surface area contributed by atoms with E-state index in [2.05, 4.69) is 4.98 Å². The monoisotopic (exact) mass is 371 g/mol. The van der Waals surface area contributed by atoms with Gasteiger partial charge in [0, 0.05) is 18.1 Å². The minimum absolute atomic E-state index is 0.0359. The molecule has 0 unspecified atom stereocenters. The number of para-hydroxylation sites is 2. The third-order valence-electron chi connectivity index (χ3n) is 4.42. The van der Waals surface area contributed by atoms with Gasteiger partial charge in [-0.1, -0.05) is 23.7 Å². The minimum atomic E-state index is -0.411.